The van der Waals surface area contributed by atoms with Crippen LogP contribution in [0.2, 0.25) is 0 Å². The van der Waals surface area contributed by atoms with Gasteiger partial charge in [-0.1, -0.05) is 125 Å². The third kappa shape index (κ3) is 37.6. The Hall–Kier alpha value is -11.7. The van der Waals surface area contributed by atoms with E-state index in [4.69, 9.17) is 45.9 Å². The fourth-order valence-corrected chi connectivity index (χ4v) is 11.5. The predicted octanol–water partition coefficient (Wildman–Crippen LogP) is -5.32. The molecule has 0 fully saturated rings. The molecule has 0 aliphatic rings. The van der Waals surface area contributed by atoms with Crippen molar-refractivity contribution in [3.63, 3.8) is 0 Å². The minimum atomic E-state index is -1.57. The van der Waals surface area contributed by atoms with Gasteiger partial charge in [-0.05, 0) is 126 Å². The Balaban J connectivity index is 1.79. The molecule has 38 nitrogen and oxygen atoms in total. The Bertz CT molecular complexity index is 3710. The highest BCUT2D eigenvalue weighted by Gasteiger charge is 2.37. The van der Waals surface area contributed by atoms with Crippen LogP contribution >= 0.6 is 0 Å². The first kappa shape index (κ1) is 96.5. The zero-order chi connectivity index (χ0) is 85.0. The average molecular weight is 1600 g/mol. The van der Waals surface area contributed by atoms with E-state index in [0.29, 0.717) is 36.8 Å². The molecule has 3 aromatic carbocycles. The molecule has 38 heteroatoms. The summed E-state index contributed by atoms with van der Waals surface area (Å²) >= 11 is 0. The second-order valence-corrected chi connectivity index (χ2v) is 28.3. The van der Waals surface area contributed by atoms with Crippen LogP contribution in [0.25, 0.3) is 0 Å². The van der Waals surface area contributed by atoms with E-state index in [1.165, 1.54) is 13.8 Å². The first-order chi connectivity index (χ1) is 54.0. The molecule has 0 spiro atoms. The molecule has 3 rings (SSSR count). The molecule has 0 aromatic heterocycles. The first-order valence-corrected chi connectivity index (χ1v) is 38.1. The Morgan fingerprint density at radius 1 is 0.368 bits per heavy atom. The summed E-state index contributed by atoms with van der Waals surface area (Å²) in [5.41, 5.74) is 47.0. The zero-order valence-electron chi connectivity index (χ0n) is 65.7. The molecule has 0 bridgehead atoms. The van der Waals surface area contributed by atoms with Crippen LogP contribution in [0.5, 0.6) is 0 Å². The van der Waals surface area contributed by atoms with Gasteiger partial charge < -0.3 is 115 Å². The van der Waals surface area contributed by atoms with E-state index in [1.54, 1.807) is 119 Å². The molecule has 0 unspecified atom stereocenters. The van der Waals surface area contributed by atoms with Gasteiger partial charge in [0.05, 0.1) is 25.6 Å². The van der Waals surface area contributed by atoms with Crippen molar-refractivity contribution in [2.45, 2.75) is 217 Å². The number of carbonyl (C=O) groups is 16. The lowest BCUT2D eigenvalue weighted by Crippen LogP contribution is -2.60. The molecule has 0 saturated heterocycles. The SMILES string of the molecule is CC[C@H](C)[C@H](NC(=O)[C@H](CCCCN)NC(=O)[C@H](CCC(N)=O)NC(=O)CNC(=O)[C@H](C)NC(=O)[C@H](CCCCN)NC(=O)[C@H](CC(C)C)NC(=O)[C@H](C)NC(=O)[C@H](Cc1ccccc1)NC(=O)[C@H](CC(N)=O)NC(=O)[C@@H](N)Cc1ccccc1)C(=O)N[C@@H](CCCN=C(N)N)C(=O)N[C@@H](Cc1ccccc1)C(=O)NCC(N)=O. The number of nitrogens with one attached hydrogen (secondary N) is 13. The quantitative estimate of drug-likeness (QED) is 0.0143. The highest BCUT2D eigenvalue weighted by Crippen LogP contribution is 2.16. The monoisotopic (exact) mass is 1590 g/mol. The Kier molecular flexibility index (Phi) is 43.9. The van der Waals surface area contributed by atoms with E-state index >= 15 is 0 Å². The molecule has 3 aromatic rings. The van der Waals surface area contributed by atoms with Crippen LogP contribution in [0.15, 0.2) is 96.0 Å². The minimum Gasteiger partial charge on any atom is -0.370 e. The van der Waals surface area contributed by atoms with Gasteiger partial charge in [-0.2, -0.15) is 0 Å². The number of carbonyl (C=O) groups excluding carboxylic acids is 16. The summed E-state index contributed by atoms with van der Waals surface area (Å²) in [5.74, 6) is -15.1. The maximum absolute atomic E-state index is 14.5. The summed E-state index contributed by atoms with van der Waals surface area (Å²) in [6, 6.07) is 9.33. The van der Waals surface area contributed by atoms with Crippen molar-refractivity contribution in [2.24, 2.45) is 62.7 Å². The maximum atomic E-state index is 14.5. The molecular formula is C76H118N22O16. The molecule has 628 valence electrons. The van der Waals surface area contributed by atoms with Crippen LogP contribution in [0.3, 0.4) is 0 Å². The number of rotatable bonds is 54. The highest BCUT2D eigenvalue weighted by molar-refractivity contribution is 6.00. The molecule has 114 heavy (non-hydrogen) atoms. The molecule has 0 aliphatic carbocycles. The van der Waals surface area contributed by atoms with Crippen LogP contribution in [-0.2, 0) is 96.0 Å². The van der Waals surface area contributed by atoms with E-state index in [-0.39, 0.29) is 89.3 Å². The van der Waals surface area contributed by atoms with Crippen molar-refractivity contribution in [3.8, 4) is 0 Å². The molecule has 0 saturated carbocycles. The predicted molar refractivity (Wildman–Crippen MR) is 423 cm³/mol. The fourth-order valence-electron chi connectivity index (χ4n) is 11.5. The third-order valence-electron chi connectivity index (χ3n) is 18.1. The van der Waals surface area contributed by atoms with E-state index in [9.17, 15) is 76.7 Å². The molecular weight excluding hydrogens is 1480 g/mol. The summed E-state index contributed by atoms with van der Waals surface area (Å²) in [4.78, 5) is 222. The largest absolute Gasteiger partial charge is 0.370 e. The van der Waals surface area contributed by atoms with Crippen LogP contribution in [-0.4, -0.2) is 206 Å². The minimum absolute atomic E-state index is 0.00915. The lowest BCUT2D eigenvalue weighted by molar-refractivity contribution is -0.136. The van der Waals surface area contributed by atoms with Gasteiger partial charge in [0.25, 0.3) is 0 Å². The lowest BCUT2D eigenvalue weighted by Gasteiger charge is -2.29. The van der Waals surface area contributed by atoms with Gasteiger partial charge in [0.15, 0.2) is 5.96 Å². The Morgan fingerprint density at radius 3 is 1.23 bits per heavy atom. The van der Waals surface area contributed by atoms with Crippen molar-refractivity contribution in [1.29, 1.82) is 0 Å². The normalized spacial score (nSPS) is 14.4. The molecule has 29 N–H and O–H groups in total. The lowest BCUT2D eigenvalue weighted by atomic mass is 9.96. The van der Waals surface area contributed by atoms with Crippen molar-refractivity contribution < 1.29 is 76.7 Å². The smallest absolute Gasteiger partial charge is 0.243 e. The van der Waals surface area contributed by atoms with Gasteiger partial charge >= 0.3 is 0 Å². The van der Waals surface area contributed by atoms with Gasteiger partial charge in [0.1, 0.15) is 66.5 Å². The topological polar surface area (TPSA) is 650 Å². The van der Waals surface area contributed by atoms with Crippen molar-refractivity contribution in [2.75, 3.05) is 32.7 Å². The number of hydrogen-bond donors (Lipinski definition) is 21. The molecule has 0 heterocycles. The van der Waals surface area contributed by atoms with Crippen molar-refractivity contribution >= 4 is 100 Å². The number of hydrogen-bond acceptors (Lipinski definition) is 20. The molecule has 16 amide bonds. The maximum Gasteiger partial charge on any atom is 0.243 e. The summed E-state index contributed by atoms with van der Waals surface area (Å²) in [6.07, 6.45) is 0.0372. The summed E-state index contributed by atoms with van der Waals surface area (Å²) in [5, 5.41) is 33.3. The van der Waals surface area contributed by atoms with Crippen LogP contribution in [0.1, 0.15) is 142 Å². The second kappa shape index (κ2) is 51.8. The number of nitrogens with zero attached hydrogens (tertiary/aromatic N) is 1. The van der Waals surface area contributed by atoms with Crippen LogP contribution in [0, 0.1) is 11.8 Å². The number of aliphatic imine (C=N–C) groups is 1. The van der Waals surface area contributed by atoms with E-state index in [1.807, 2.05) is 0 Å². The fraction of sp³-hybridized carbons (Fsp3) is 0.539. The van der Waals surface area contributed by atoms with Gasteiger partial charge in [0.2, 0.25) is 94.5 Å². The second-order valence-electron chi connectivity index (χ2n) is 28.3. The molecule has 0 aliphatic heterocycles. The molecule has 13 atom stereocenters. The number of benzene rings is 3. The third-order valence-corrected chi connectivity index (χ3v) is 18.1. The Labute approximate surface area is 663 Å². The summed E-state index contributed by atoms with van der Waals surface area (Å²) in [6.45, 7) is 8.59. The van der Waals surface area contributed by atoms with Crippen molar-refractivity contribution in [3.05, 3.63) is 108 Å². The van der Waals surface area contributed by atoms with Gasteiger partial charge in [0, 0.05) is 25.8 Å². The van der Waals surface area contributed by atoms with Crippen LogP contribution < -0.4 is 115 Å². The number of amides is 16. The van der Waals surface area contributed by atoms with E-state index in [2.05, 4.69) is 74.1 Å². The first-order valence-electron chi connectivity index (χ1n) is 38.1. The average Bonchev–Trinajstić information content (AvgIpc) is 0.834. The van der Waals surface area contributed by atoms with E-state index < -0.39 is 205 Å². The van der Waals surface area contributed by atoms with Crippen LogP contribution in [0.4, 0.5) is 0 Å². The number of guanidine groups is 1. The summed E-state index contributed by atoms with van der Waals surface area (Å²) < 4.78 is 0. The number of primary amides is 3. The van der Waals surface area contributed by atoms with Gasteiger partial charge in [-0.3, -0.25) is 81.7 Å². The van der Waals surface area contributed by atoms with Gasteiger partial charge in [-0.15, -0.1) is 0 Å². The number of nitrogens with two attached hydrogens (primary N) is 8. The van der Waals surface area contributed by atoms with E-state index in [0.717, 1.165) is 5.56 Å². The van der Waals surface area contributed by atoms with Gasteiger partial charge in [-0.25, -0.2) is 0 Å². The standard InChI is InChI=1S/C76H118N22O16/c1-7-44(4)63(75(114)93-53(30-21-35-85-76(83)84)69(108)96-56(67(106)86-41-61(82)101)38-48-24-13-9-14-25-48)98-71(110)52(29-18-20-34-78)91-70(109)54(31-32-59(80)99)90-62(102)42-87-64(103)45(5)88-68(107)51(28-17-19-33-77)92-73(112)55(36-43(2)3)94-65(104)46(6)89-72(111)57(39-49-26-15-10-16-27-49)97-74(113)58(40-60(81)100)95-66(105)50(79)37-47-22-11-8-12-23-47/h8-16,22-27,43-46,50-58,63H,7,17-21,28-42,77-79H2,1-6H3,(H2,80,99)(H2,81,100)(H2,82,101)(H,86,106)(H,87,103)(H,88,107)(H,89,111)(H,90,102)(H,91,109)(H,92,112)(H,93,114)(H,94,104)(H,95,105)(H,96,108)(H,97,113)(H,98,110)(H4,83,84,85)/t44-,45-,46-,50-,51-,52-,53-,54-,55-,56-,57-,58-,63-/m0/s1. The molecule has 0 radical (unpaired) electrons. The zero-order valence-corrected chi connectivity index (χ0v) is 65.7. The van der Waals surface area contributed by atoms with Crippen molar-refractivity contribution in [1.82, 2.24) is 69.1 Å². The Morgan fingerprint density at radius 2 is 0.763 bits per heavy atom. The highest BCUT2D eigenvalue weighted by atomic mass is 16.2. The summed E-state index contributed by atoms with van der Waals surface area (Å²) in [7, 11) is 0. The number of unbranched alkanes of at least 4 members (excludes halogenated alkanes) is 2.